The molecular weight excluding hydrogens is 263 g/mol. The molecule has 1 saturated carbocycles. The first kappa shape index (κ1) is 13.5. The predicted octanol–water partition coefficient (Wildman–Crippen LogP) is 3.29. The van der Waals surface area contributed by atoms with Crippen molar-refractivity contribution in [2.75, 3.05) is 5.73 Å². The molecule has 18 heavy (non-hydrogen) atoms. The zero-order chi connectivity index (χ0) is 13.3. The standard InChI is InChI=1S/C12H14F3NOS/c13-12(14,15)7-4-5-10(8(16)6-7)18-11-3-1-2-9(11)17/h4-6,9,11,17H,1-3,16H2. The van der Waals surface area contributed by atoms with Gasteiger partial charge in [0.05, 0.1) is 11.7 Å². The van der Waals surface area contributed by atoms with Gasteiger partial charge in [-0.1, -0.05) is 0 Å². The van der Waals surface area contributed by atoms with Gasteiger partial charge in [-0.25, -0.2) is 0 Å². The highest BCUT2D eigenvalue weighted by atomic mass is 32.2. The van der Waals surface area contributed by atoms with Crippen LogP contribution in [0.3, 0.4) is 0 Å². The first-order valence-electron chi connectivity index (χ1n) is 5.69. The molecular formula is C12H14F3NOS. The summed E-state index contributed by atoms with van der Waals surface area (Å²) in [6.45, 7) is 0. The minimum absolute atomic E-state index is 0.0315. The molecule has 1 aromatic rings. The van der Waals surface area contributed by atoms with Crippen LogP contribution in [0.25, 0.3) is 0 Å². The molecule has 1 aliphatic rings. The molecule has 0 heterocycles. The first-order chi connectivity index (χ1) is 8.38. The van der Waals surface area contributed by atoms with E-state index in [9.17, 15) is 18.3 Å². The number of thioether (sulfide) groups is 1. The fraction of sp³-hybridized carbons (Fsp3) is 0.500. The van der Waals surface area contributed by atoms with E-state index in [4.69, 9.17) is 5.73 Å². The van der Waals surface area contributed by atoms with Gasteiger partial charge in [-0.2, -0.15) is 13.2 Å². The van der Waals surface area contributed by atoms with Gasteiger partial charge in [0.1, 0.15) is 0 Å². The average molecular weight is 277 g/mol. The highest BCUT2D eigenvalue weighted by molar-refractivity contribution is 8.00. The van der Waals surface area contributed by atoms with E-state index in [1.807, 2.05) is 0 Å². The summed E-state index contributed by atoms with van der Waals surface area (Å²) in [5.74, 6) is 0. The molecule has 0 saturated heterocycles. The lowest BCUT2D eigenvalue weighted by Gasteiger charge is -2.16. The second kappa shape index (κ2) is 5.01. The van der Waals surface area contributed by atoms with E-state index in [0.29, 0.717) is 4.90 Å². The number of rotatable bonds is 2. The number of anilines is 1. The Hall–Kier alpha value is -0.880. The highest BCUT2D eigenvalue weighted by Crippen LogP contribution is 2.39. The average Bonchev–Trinajstić information content (AvgIpc) is 2.66. The monoisotopic (exact) mass is 277 g/mol. The van der Waals surface area contributed by atoms with Crippen LogP contribution in [0.4, 0.5) is 18.9 Å². The Balaban J connectivity index is 2.15. The van der Waals surface area contributed by atoms with Gasteiger partial charge in [0.2, 0.25) is 0 Å². The number of aliphatic hydroxyl groups is 1. The largest absolute Gasteiger partial charge is 0.416 e. The third kappa shape index (κ3) is 2.92. The number of nitrogen functional groups attached to an aromatic ring is 1. The summed E-state index contributed by atoms with van der Waals surface area (Å²) in [5, 5.41) is 9.71. The van der Waals surface area contributed by atoms with E-state index in [-0.39, 0.29) is 10.9 Å². The summed E-state index contributed by atoms with van der Waals surface area (Å²) >= 11 is 1.36. The van der Waals surface area contributed by atoms with Crippen molar-refractivity contribution in [3.05, 3.63) is 23.8 Å². The SMILES string of the molecule is Nc1cc(C(F)(F)F)ccc1SC1CCCC1O. The summed E-state index contributed by atoms with van der Waals surface area (Å²) in [6, 6.07) is 3.36. The van der Waals surface area contributed by atoms with Crippen LogP contribution < -0.4 is 5.73 Å². The fourth-order valence-electron chi connectivity index (χ4n) is 2.04. The number of nitrogens with two attached hydrogens (primary N) is 1. The summed E-state index contributed by atoms with van der Waals surface area (Å²) in [5.41, 5.74) is 5.02. The van der Waals surface area contributed by atoms with Crippen LogP contribution in [0.15, 0.2) is 23.1 Å². The summed E-state index contributed by atoms with van der Waals surface area (Å²) in [7, 11) is 0. The van der Waals surface area contributed by atoms with E-state index in [1.54, 1.807) is 0 Å². The van der Waals surface area contributed by atoms with E-state index >= 15 is 0 Å². The molecule has 0 aromatic heterocycles. The van der Waals surface area contributed by atoms with Crippen molar-refractivity contribution >= 4 is 17.4 Å². The number of benzene rings is 1. The van der Waals surface area contributed by atoms with Crippen LogP contribution in [-0.2, 0) is 6.18 Å². The third-order valence-electron chi connectivity index (χ3n) is 3.03. The summed E-state index contributed by atoms with van der Waals surface area (Å²) in [6.07, 6.45) is -2.20. The van der Waals surface area contributed by atoms with Gasteiger partial charge in [-0.15, -0.1) is 11.8 Å². The molecule has 2 nitrogen and oxygen atoms in total. The lowest BCUT2D eigenvalue weighted by Crippen LogP contribution is -2.15. The summed E-state index contributed by atoms with van der Waals surface area (Å²) in [4.78, 5) is 0.606. The molecule has 0 radical (unpaired) electrons. The van der Waals surface area contributed by atoms with Gasteiger partial charge < -0.3 is 10.8 Å². The van der Waals surface area contributed by atoms with Crippen molar-refractivity contribution in [3.63, 3.8) is 0 Å². The Morgan fingerprint density at radius 1 is 1.28 bits per heavy atom. The molecule has 2 rings (SSSR count). The molecule has 0 bridgehead atoms. The quantitative estimate of drug-likeness (QED) is 0.815. The van der Waals surface area contributed by atoms with Crippen molar-refractivity contribution < 1.29 is 18.3 Å². The first-order valence-corrected chi connectivity index (χ1v) is 6.57. The number of aliphatic hydroxyl groups excluding tert-OH is 1. The van der Waals surface area contributed by atoms with E-state index in [1.165, 1.54) is 17.8 Å². The van der Waals surface area contributed by atoms with Gasteiger partial charge in [0.15, 0.2) is 0 Å². The van der Waals surface area contributed by atoms with Gasteiger partial charge >= 0.3 is 6.18 Å². The van der Waals surface area contributed by atoms with Crippen LogP contribution in [0.2, 0.25) is 0 Å². The van der Waals surface area contributed by atoms with Crippen molar-refractivity contribution in [2.24, 2.45) is 0 Å². The maximum Gasteiger partial charge on any atom is 0.416 e. The molecule has 0 spiro atoms. The van der Waals surface area contributed by atoms with Gasteiger partial charge in [0.25, 0.3) is 0 Å². The Kier molecular flexibility index (Phi) is 3.77. The fourth-order valence-corrected chi connectivity index (χ4v) is 3.28. The lowest BCUT2D eigenvalue weighted by atomic mass is 10.2. The Morgan fingerprint density at radius 2 is 2.00 bits per heavy atom. The molecule has 2 atom stereocenters. The molecule has 100 valence electrons. The molecule has 3 N–H and O–H groups in total. The topological polar surface area (TPSA) is 46.2 Å². The molecule has 1 aliphatic carbocycles. The van der Waals surface area contributed by atoms with E-state index in [2.05, 4.69) is 0 Å². The Bertz CT molecular complexity index is 436. The zero-order valence-electron chi connectivity index (χ0n) is 9.57. The number of halogens is 3. The maximum atomic E-state index is 12.5. The molecule has 0 amide bonds. The van der Waals surface area contributed by atoms with E-state index in [0.717, 1.165) is 31.4 Å². The second-order valence-corrected chi connectivity index (χ2v) is 5.69. The normalized spacial score (nSPS) is 24.4. The molecule has 6 heteroatoms. The highest BCUT2D eigenvalue weighted by Gasteiger charge is 2.31. The molecule has 2 unspecified atom stereocenters. The Morgan fingerprint density at radius 3 is 2.50 bits per heavy atom. The minimum Gasteiger partial charge on any atom is -0.398 e. The van der Waals surface area contributed by atoms with Gasteiger partial charge in [-0.3, -0.25) is 0 Å². The maximum absolute atomic E-state index is 12.5. The molecule has 1 aromatic carbocycles. The third-order valence-corrected chi connectivity index (χ3v) is 4.51. The van der Waals surface area contributed by atoms with Gasteiger partial charge in [0, 0.05) is 15.8 Å². The van der Waals surface area contributed by atoms with Crippen LogP contribution in [0, 0.1) is 0 Å². The second-order valence-electron chi connectivity index (χ2n) is 4.40. The number of hydrogen-bond acceptors (Lipinski definition) is 3. The van der Waals surface area contributed by atoms with Crippen LogP contribution in [0.1, 0.15) is 24.8 Å². The van der Waals surface area contributed by atoms with Crippen molar-refractivity contribution in [1.29, 1.82) is 0 Å². The van der Waals surface area contributed by atoms with Crippen molar-refractivity contribution in [3.8, 4) is 0 Å². The lowest BCUT2D eigenvalue weighted by molar-refractivity contribution is -0.137. The minimum atomic E-state index is -4.37. The molecule has 1 fully saturated rings. The zero-order valence-corrected chi connectivity index (χ0v) is 10.4. The van der Waals surface area contributed by atoms with Crippen LogP contribution in [0.5, 0.6) is 0 Å². The number of hydrogen-bond donors (Lipinski definition) is 2. The summed E-state index contributed by atoms with van der Waals surface area (Å²) < 4.78 is 37.4. The van der Waals surface area contributed by atoms with Crippen molar-refractivity contribution in [1.82, 2.24) is 0 Å². The molecule has 0 aliphatic heterocycles. The van der Waals surface area contributed by atoms with Crippen LogP contribution in [-0.4, -0.2) is 16.5 Å². The number of alkyl halides is 3. The Labute approximate surface area is 107 Å². The van der Waals surface area contributed by atoms with Crippen molar-refractivity contribution in [2.45, 2.75) is 41.7 Å². The van der Waals surface area contributed by atoms with Gasteiger partial charge in [-0.05, 0) is 37.5 Å². The smallest absolute Gasteiger partial charge is 0.398 e. The predicted molar refractivity (Wildman–Crippen MR) is 65.4 cm³/mol. The van der Waals surface area contributed by atoms with Crippen LogP contribution >= 0.6 is 11.8 Å². The van der Waals surface area contributed by atoms with E-state index < -0.39 is 17.8 Å².